The molecule has 56 heavy (non-hydrogen) atoms. The van der Waals surface area contributed by atoms with E-state index in [2.05, 4.69) is 99.4 Å². The first-order chi connectivity index (χ1) is 27.8. The van der Waals surface area contributed by atoms with E-state index in [0.717, 1.165) is 71.7 Å². The van der Waals surface area contributed by atoms with Gasteiger partial charge in [-0.25, -0.2) is 15.0 Å². The predicted molar refractivity (Wildman–Crippen MR) is 226 cm³/mol. The van der Waals surface area contributed by atoms with Crippen LogP contribution >= 0.6 is 0 Å². The topological polar surface area (TPSA) is 85.3 Å². The number of amidine groups is 1. The zero-order valence-corrected chi connectivity index (χ0v) is 30.0. The van der Waals surface area contributed by atoms with Crippen LogP contribution in [0.25, 0.3) is 72.3 Å². The Labute approximate surface area is 321 Å². The van der Waals surface area contributed by atoms with Gasteiger partial charge in [-0.2, -0.15) is 9.97 Å². The number of fused-ring (bicyclic) bond motifs is 6. The Kier molecular flexibility index (Phi) is 7.38. The van der Waals surface area contributed by atoms with Crippen molar-refractivity contribution in [2.75, 3.05) is 0 Å². The number of aromatic nitrogens is 5. The highest BCUT2D eigenvalue weighted by Gasteiger charge is 2.25. The van der Waals surface area contributed by atoms with Gasteiger partial charge in [-0.3, -0.25) is 9.13 Å². The molecule has 1 aliphatic heterocycles. The molecule has 264 valence electrons. The highest BCUT2D eigenvalue weighted by atomic mass is 15.3. The van der Waals surface area contributed by atoms with Crippen molar-refractivity contribution in [1.82, 2.24) is 29.4 Å². The fraction of sp³-hybridized carbons (Fsp3) is 0.0208. The lowest BCUT2D eigenvalue weighted by atomic mass is 10.1. The molecule has 7 aromatic carbocycles. The van der Waals surface area contributed by atoms with Gasteiger partial charge in [0.15, 0.2) is 17.8 Å². The van der Waals surface area contributed by atoms with E-state index in [0.29, 0.717) is 23.6 Å². The molecule has 3 aromatic heterocycles. The molecule has 0 spiro atoms. The standard InChI is InChI=1S/C48H32N8/c1-5-17-31(18-6-1)43-49-44(32-19-7-2-8-20-32)52-47(51-43)55-39-27-15-13-25-35(39)37-30-42-38(29-41(37)55)36-26-14-16-28-40(36)56(42)48-53-45(33-21-9-3-10-22-33)50-46(54-48)34-23-11-4-12-24-34/h1-30,43H,(H,49,51,52). The molecule has 0 fully saturated rings. The van der Waals surface area contributed by atoms with Crippen molar-refractivity contribution in [3.05, 3.63) is 193 Å². The molecule has 1 aliphatic rings. The molecule has 1 unspecified atom stereocenters. The van der Waals surface area contributed by atoms with Crippen LogP contribution in [0.5, 0.6) is 0 Å². The van der Waals surface area contributed by atoms with E-state index in [1.165, 1.54) is 0 Å². The number of nitrogens with one attached hydrogen (secondary N) is 1. The van der Waals surface area contributed by atoms with E-state index in [1.54, 1.807) is 0 Å². The van der Waals surface area contributed by atoms with Crippen LogP contribution in [0.2, 0.25) is 0 Å². The molecule has 0 saturated carbocycles. The molecule has 11 rings (SSSR count). The van der Waals surface area contributed by atoms with Crippen molar-refractivity contribution >= 4 is 55.4 Å². The van der Waals surface area contributed by atoms with Crippen molar-refractivity contribution in [3.8, 4) is 28.7 Å². The number of para-hydroxylation sites is 2. The number of hydrogen-bond donors (Lipinski definition) is 1. The highest BCUT2D eigenvalue weighted by Crippen LogP contribution is 2.39. The Morgan fingerprint density at radius 1 is 0.393 bits per heavy atom. The van der Waals surface area contributed by atoms with E-state index >= 15 is 0 Å². The molecule has 1 atom stereocenters. The van der Waals surface area contributed by atoms with Crippen LogP contribution in [0.15, 0.2) is 192 Å². The van der Waals surface area contributed by atoms with E-state index in [4.69, 9.17) is 24.9 Å². The Balaban J connectivity index is 1.17. The SMILES string of the molecule is c1ccc(C2=NC(c3ccccc3)N=C(n3c4ccccc4c4cc5c(cc43)c3ccccc3n5-c3nc(-c4ccccc4)nc(-c4ccccc4)n3)N2)cc1. The lowest BCUT2D eigenvalue weighted by Crippen LogP contribution is -2.39. The van der Waals surface area contributed by atoms with Crippen LogP contribution in [0.3, 0.4) is 0 Å². The van der Waals surface area contributed by atoms with Crippen LogP contribution < -0.4 is 5.32 Å². The van der Waals surface area contributed by atoms with Crippen LogP contribution in [-0.2, 0) is 0 Å². The average Bonchev–Trinajstić information content (AvgIpc) is 3.78. The Morgan fingerprint density at radius 2 is 0.857 bits per heavy atom. The van der Waals surface area contributed by atoms with Crippen molar-refractivity contribution in [1.29, 1.82) is 0 Å². The van der Waals surface area contributed by atoms with Crippen molar-refractivity contribution in [2.45, 2.75) is 6.17 Å². The number of rotatable bonds is 5. The third kappa shape index (κ3) is 5.27. The normalized spacial score (nSPS) is 14.2. The molecule has 0 radical (unpaired) electrons. The summed E-state index contributed by atoms with van der Waals surface area (Å²) in [6.07, 6.45) is -0.425. The summed E-state index contributed by atoms with van der Waals surface area (Å²) in [7, 11) is 0. The van der Waals surface area contributed by atoms with Gasteiger partial charge >= 0.3 is 0 Å². The van der Waals surface area contributed by atoms with Crippen LogP contribution in [0.1, 0.15) is 17.3 Å². The largest absolute Gasteiger partial charge is 0.310 e. The molecule has 0 saturated heterocycles. The first kappa shape index (κ1) is 31.8. The van der Waals surface area contributed by atoms with E-state index in [1.807, 2.05) is 97.1 Å². The molecule has 4 heterocycles. The molecule has 1 N–H and O–H groups in total. The average molecular weight is 721 g/mol. The Bertz CT molecular complexity index is 3090. The van der Waals surface area contributed by atoms with Crippen LogP contribution in [0.4, 0.5) is 0 Å². The van der Waals surface area contributed by atoms with Gasteiger partial charge in [0, 0.05) is 38.2 Å². The fourth-order valence-electron chi connectivity index (χ4n) is 7.84. The van der Waals surface area contributed by atoms with Crippen molar-refractivity contribution in [3.63, 3.8) is 0 Å². The second-order valence-corrected chi connectivity index (χ2v) is 13.8. The summed E-state index contributed by atoms with van der Waals surface area (Å²) >= 11 is 0. The molecule has 8 nitrogen and oxygen atoms in total. The summed E-state index contributed by atoms with van der Waals surface area (Å²) in [6, 6.07) is 62.3. The highest BCUT2D eigenvalue weighted by molar-refractivity contribution is 6.22. The second kappa shape index (κ2) is 13.0. The monoisotopic (exact) mass is 720 g/mol. The van der Waals surface area contributed by atoms with Gasteiger partial charge in [0.05, 0.1) is 22.1 Å². The lowest BCUT2D eigenvalue weighted by molar-refractivity contribution is 0.745. The zero-order valence-electron chi connectivity index (χ0n) is 30.0. The number of hydrogen-bond acceptors (Lipinski definition) is 6. The van der Waals surface area contributed by atoms with E-state index < -0.39 is 6.17 Å². The van der Waals surface area contributed by atoms with Crippen LogP contribution in [0, 0.1) is 0 Å². The van der Waals surface area contributed by atoms with Gasteiger partial charge < -0.3 is 5.32 Å². The van der Waals surface area contributed by atoms with Gasteiger partial charge in [0.1, 0.15) is 5.84 Å². The molecule has 0 aliphatic carbocycles. The maximum absolute atomic E-state index is 5.29. The van der Waals surface area contributed by atoms with Gasteiger partial charge in [0.2, 0.25) is 11.9 Å². The Morgan fingerprint density at radius 3 is 1.43 bits per heavy atom. The predicted octanol–water partition coefficient (Wildman–Crippen LogP) is 10.4. The molecule has 10 aromatic rings. The van der Waals surface area contributed by atoms with Crippen molar-refractivity contribution < 1.29 is 0 Å². The quantitative estimate of drug-likeness (QED) is 0.192. The maximum Gasteiger partial charge on any atom is 0.238 e. The Hall–Kier alpha value is -7.71. The molecule has 8 heteroatoms. The van der Waals surface area contributed by atoms with Gasteiger partial charge in [-0.05, 0) is 29.8 Å². The maximum atomic E-state index is 5.29. The minimum absolute atomic E-state index is 0.425. The smallest absolute Gasteiger partial charge is 0.238 e. The summed E-state index contributed by atoms with van der Waals surface area (Å²) in [4.78, 5) is 25.7. The summed E-state index contributed by atoms with van der Waals surface area (Å²) in [5, 5.41) is 8.01. The second-order valence-electron chi connectivity index (χ2n) is 13.8. The third-order valence-electron chi connectivity index (χ3n) is 10.4. The first-order valence-corrected chi connectivity index (χ1v) is 18.6. The minimum Gasteiger partial charge on any atom is -0.310 e. The van der Waals surface area contributed by atoms with E-state index in [-0.39, 0.29) is 0 Å². The minimum atomic E-state index is -0.425. The summed E-state index contributed by atoms with van der Waals surface area (Å²) < 4.78 is 4.42. The summed E-state index contributed by atoms with van der Waals surface area (Å²) in [5.74, 6) is 3.26. The first-order valence-electron chi connectivity index (χ1n) is 18.6. The summed E-state index contributed by atoms with van der Waals surface area (Å²) in [6.45, 7) is 0. The van der Waals surface area contributed by atoms with E-state index in [9.17, 15) is 0 Å². The van der Waals surface area contributed by atoms with Crippen LogP contribution in [-0.4, -0.2) is 35.9 Å². The molecular formula is C48H32N8. The number of nitrogens with zero attached hydrogens (tertiary/aromatic N) is 7. The lowest BCUT2D eigenvalue weighted by Gasteiger charge is -2.23. The third-order valence-corrected chi connectivity index (χ3v) is 10.4. The number of benzene rings is 7. The number of aliphatic imine (C=N–C) groups is 2. The molecule has 0 bridgehead atoms. The van der Waals surface area contributed by atoms with Crippen molar-refractivity contribution in [2.24, 2.45) is 9.98 Å². The van der Waals surface area contributed by atoms with Gasteiger partial charge in [-0.15, -0.1) is 0 Å². The fourth-order valence-corrected chi connectivity index (χ4v) is 7.84. The molecular weight excluding hydrogens is 689 g/mol. The van der Waals surface area contributed by atoms with Gasteiger partial charge in [-0.1, -0.05) is 158 Å². The van der Waals surface area contributed by atoms with Gasteiger partial charge in [0.25, 0.3) is 0 Å². The zero-order chi connectivity index (χ0) is 37.0. The molecule has 0 amide bonds. The summed E-state index contributed by atoms with van der Waals surface area (Å²) in [5.41, 5.74) is 7.93.